The van der Waals surface area contributed by atoms with E-state index < -0.39 is 11.9 Å². The van der Waals surface area contributed by atoms with Crippen molar-refractivity contribution >= 4 is 35.5 Å². The molecule has 0 spiro atoms. The van der Waals surface area contributed by atoms with Gasteiger partial charge in [-0.15, -0.1) is 23.5 Å². The van der Waals surface area contributed by atoms with E-state index in [1.54, 1.807) is 0 Å². The molecular formula is C16H22N2O3S2. The predicted molar refractivity (Wildman–Crippen MR) is 97.1 cm³/mol. The number of imide groups is 1. The lowest BCUT2D eigenvalue weighted by molar-refractivity contribution is -0.116. The van der Waals surface area contributed by atoms with E-state index in [4.69, 9.17) is 4.84 Å². The van der Waals surface area contributed by atoms with E-state index >= 15 is 0 Å². The zero-order valence-corrected chi connectivity index (χ0v) is 15.2. The van der Waals surface area contributed by atoms with E-state index in [9.17, 15) is 9.59 Å². The van der Waals surface area contributed by atoms with Crippen molar-refractivity contribution in [2.45, 2.75) is 19.8 Å². The van der Waals surface area contributed by atoms with Gasteiger partial charge in [-0.1, -0.05) is 37.3 Å². The van der Waals surface area contributed by atoms with Crippen LogP contribution in [0.3, 0.4) is 0 Å². The van der Waals surface area contributed by atoms with Crippen molar-refractivity contribution in [2.75, 3.05) is 19.1 Å². The first-order valence-electron chi connectivity index (χ1n) is 7.20. The smallest absolute Gasteiger partial charge is 0.272 e. The summed E-state index contributed by atoms with van der Waals surface area (Å²) in [6.45, 7) is 2.22. The van der Waals surface area contributed by atoms with Crippen molar-refractivity contribution in [2.24, 2.45) is 0 Å². The summed E-state index contributed by atoms with van der Waals surface area (Å²) in [6, 6.07) is 9.15. The van der Waals surface area contributed by atoms with Gasteiger partial charge in [0.2, 0.25) is 0 Å². The van der Waals surface area contributed by atoms with Gasteiger partial charge in [0, 0.05) is 9.81 Å². The van der Waals surface area contributed by atoms with Gasteiger partial charge in [-0.2, -0.15) is 0 Å². The van der Waals surface area contributed by atoms with Crippen LogP contribution in [0.25, 0.3) is 0 Å². The molecule has 0 aromatic heterocycles. The Kier molecular flexibility index (Phi) is 9.51. The number of urea groups is 1. The minimum atomic E-state index is -0.657. The molecule has 0 saturated carbocycles. The van der Waals surface area contributed by atoms with E-state index in [0.717, 1.165) is 9.80 Å². The summed E-state index contributed by atoms with van der Waals surface area (Å²) in [5.74, 6) is -0.393. The third-order valence-corrected chi connectivity index (χ3v) is 5.21. The minimum Gasteiger partial charge on any atom is -0.272 e. The Morgan fingerprint density at radius 2 is 1.78 bits per heavy atom. The largest absolute Gasteiger partial charge is 0.345 e. The summed E-state index contributed by atoms with van der Waals surface area (Å²) in [6.07, 6.45) is 5.05. The molecule has 23 heavy (non-hydrogen) atoms. The summed E-state index contributed by atoms with van der Waals surface area (Å²) < 4.78 is 0.905. The van der Waals surface area contributed by atoms with Crippen LogP contribution in [-0.4, -0.2) is 31.1 Å². The van der Waals surface area contributed by atoms with E-state index in [1.807, 2.05) is 49.8 Å². The van der Waals surface area contributed by atoms with Crippen LogP contribution in [-0.2, 0) is 16.1 Å². The maximum Gasteiger partial charge on any atom is 0.345 e. The third kappa shape index (κ3) is 7.11. The lowest BCUT2D eigenvalue weighted by Crippen LogP contribution is -2.40. The molecule has 2 N–H and O–H groups in total. The molecule has 3 amide bonds. The number of benzene rings is 1. The van der Waals surface area contributed by atoms with Gasteiger partial charge in [-0.3, -0.25) is 14.9 Å². The highest BCUT2D eigenvalue weighted by Gasteiger charge is 2.15. The molecule has 1 aromatic carbocycles. The maximum atomic E-state index is 12.1. The minimum absolute atomic E-state index is 0.336. The van der Waals surface area contributed by atoms with Crippen LogP contribution < -0.4 is 10.8 Å². The number of thioether (sulfide) groups is 2. The summed E-state index contributed by atoms with van der Waals surface area (Å²) >= 11 is 2.99. The van der Waals surface area contributed by atoms with Crippen molar-refractivity contribution in [3.8, 4) is 0 Å². The zero-order valence-electron chi connectivity index (χ0n) is 13.5. The molecule has 1 aromatic rings. The molecule has 0 aliphatic carbocycles. The van der Waals surface area contributed by atoms with Gasteiger partial charge in [0.15, 0.2) is 0 Å². The van der Waals surface area contributed by atoms with Crippen LogP contribution in [0.15, 0.2) is 40.1 Å². The third-order valence-electron chi connectivity index (χ3n) is 2.97. The first kappa shape index (κ1) is 19.6. The fourth-order valence-corrected chi connectivity index (χ4v) is 3.50. The zero-order chi connectivity index (χ0) is 17.1. The standard InChI is InChI=1S/C16H22N2O3S2/c1-4-13(15(22-2)23-3)14(19)17-16(20)18-21-11-10-12-8-6-5-7-9-12/h5-9H,4,10-11H2,1-3H3,(H2,17,18,19,20). The fourth-order valence-electron chi connectivity index (χ4n) is 1.86. The summed E-state index contributed by atoms with van der Waals surface area (Å²) in [5, 5.41) is 2.28. The fraction of sp³-hybridized carbons (Fsp3) is 0.375. The second kappa shape index (κ2) is 11.2. The summed E-state index contributed by atoms with van der Waals surface area (Å²) in [7, 11) is 0. The molecule has 0 heterocycles. The highest BCUT2D eigenvalue weighted by molar-refractivity contribution is 8.21. The Labute approximate surface area is 145 Å². The predicted octanol–water partition coefficient (Wildman–Crippen LogP) is 3.33. The van der Waals surface area contributed by atoms with Gasteiger partial charge in [0.25, 0.3) is 5.91 Å². The van der Waals surface area contributed by atoms with Crippen molar-refractivity contribution in [1.82, 2.24) is 10.8 Å². The van der Waals surface area contributed by atoms with Gasteiger partial charge >= 0.3 is 6.03 Å². The quantitative estimate of drug-likeness (QED) is 0.426. The number of hydrogen-bond donors (Lipinski definition) is 2. The number of carbonyl (C=O) groups is 2. The monoisotopic (exact) mass is 354 g/mol. The number of carbonyl (C=O) groups excluding carboxylic acids is 2. The normalized spacial score (nSPS) is 10.0. The van der Waals surface area contributed by atoms with Crippen LogP contribution in [0, 0.1) is 0 Å². The molecule has 0 saturated heterocycles. The van der Waals surface area contributed by atoms with Crippen molar-refractivity contribution in [3.05, 3.63) is 45.7 Å². The summed E-state index contributed by atoms with van der Waals surface area (Å²) in [4.78, 5) is 28.9. The number of nitrogens with one attached hydrogen (secondary N) is 2. The number of hydrogen-bond acceptors (Lipinski definition) is 5. The molecule has 0 unspecified atom stereocenters. The van der Waals surface area contributed by atoms with Gasteiger partial charge in [0.1, 0.15) is 0 Å². The highest BCUT2D eigenvalue weighted by atomic mass is 32.2. The van der Waals surface area contributed by atoms with Crippen LogP contribution in [0.4, 0.5) is 4.79 Å². The molecule has 7 heteroatoms. The first-order valence-corrected chi connectivity index (χ1v) is 9.65. The number of rotatable bonds is 8. The van der Waals surface area contributed by atoms with Crippen LogP contribution >= 0.6 is 23.5 Å². The number of hydroxylamine groups is 1. The van der Waals surface area contributed by atoms with Crippen LogP contribution in [0.5, 0.6) is 0 Å². The van der Waals surface area contributed by atoms with E-state index in [2.05, 4.69) is 10.8 Å². The molecule has 5 nitrogen and oxygen atoms in total. The van der Waals surface area contributed by atoms with Crippen molar-refractivity contribution in [3.63, 3.8) is 0 Å². The molecule has 0 fully saturated rings. The summed E-state index contributed by atoms with van der Waals surface area (Å²) in [5.41, 5.74) is 3.95. The van der Waals surface area contributed by atoms with Crippen molar-refractivity contribution < 1.29 is 14.4 Å². The van der Waals surface area contributed by atoms with E-state index in [-0.39, 0.29) is 0 Å². The van der Waals surface area contributed by atoms with Gasteiger partial charge in [0.05, 0.1) is 6.61 Å². The Morgan fingerprint density at radius 3 is 2.35 bits per heavy atom. The molecule has 126 valence electrons. The lowest BCUT2D eigenvalue weighted by Gasteiger charge is -2.11. The molecule has 0 bridgehead atoms. The van der Waals surface area contributed by atoms with Gasteiger partial charge in [-0.25, -0.2) is 10.3 Å². The SMILES string of the molecule is CCC(C(=O)NC(=O)NOCCc1ccccc1)=C(SC)SC. The Balaban J connectivity index is 2.38. The van der Waals surface area contributed by atoms with Gasteiger partial charge < -0.3 is 0 Å². The molecule has 0 radical (unpaired) electrons. The molecule has 0 aliphatic rings. The Bertz CT molecular complexity index is 542. The second-order valence-corrected chi connectivity index (χ2v) is 6.39. The Morgan fingerprint density at radius 1 is 1.13 bits per heavy atom. The second-order valence-electron chi connectivity index (χ2n) is 4.50. The topological polar surface area (TPSA) is 67.4 Å². The Hall–Kier alpha value is -1.44. The van der Waals surface area contributed by atoms with Gasteiger partial charge in [-0.05, 0) is 30.9 Å². The molecular weight excluding hydrogens is 332 g/mol. The van der Waals surface area contributed by atoms with E-state index in [0.29, 0.717) is 25.0 Å². The molecule has 0 aliphatic heterocycles. The van der Waals surface area contributed by atoms with E-state index in [1.165, 1.54) is 23.5 Å². The van der Waals surface area contributed by atoms with Crippen molar-refractivity contribution in [1.29, 1.82) is 0 Å². The molecule has 0 atom stereocenters. The molecule has 1 rings (SSSR count). The van der Waals surface area contributed by atoms with Crippen LogP contribution in [0.2, 0.25) is 0 Å². The first-order chi connectivity index (χ1) is 11.1. The van der Waals surface area contributed by atoms with Crippen LogP contribution in [0.1, 0.15) is 18.9 Å². The lowest BCUT2D eigenvalue weighted by atomic mass is 10.2. The average Bonchev–Trinajstić information content (AvgIpc) is 2.57. The highest BCUT2D eigenvalue weighted by Crippen LogP contribution is 2.28. The maximum absolute atomic E-state index is 12.1. The number of amides is 3. The average molecular weight is 354 g/mol.